The molecule has 0 saturated heterocycles. The maximum atomic E-state index is 8.44. The normalized spacial score (nSPS) is 10.8. The highest BCUT2D eigenvalue weighted by Crippen LogP contribution is 2.10. The third-order valence-corrected chi connectivity index (χ3v) is 1.000. The first kappa shape index (κ1) is 7.48. The van der Waals surface area contributed by atoms with Gasteiger partial charge in [-0.2, -0.15) is 0 Å². The van der Waals surface area contributed by atoms with Gasteiger partial charge in [0.15, 0.2) is 0 Å². The van der Waals surface area contributed by atoms with Crippen LogP contribution in [0.1, 0.15) is 6.92 Å². The predicted molar refractivity (Wildman–Crippen MR) is 29.4 cm³/mol. The van der Waals surface area contributed by atoms with Gasteiger partial charge in [-0.3, -0.25) is 0 Å². The van der Waals surface area contributed by atoms with Gasteiger partial charge in [-0.1, -0.05) is 5.92 Å². The first-order valence-corrected chi connectivity index (χ1v) is 2.34. The molecule has 0 amide bonds. The molecule has 0 saturated carbocycles. The van der Waals surface area contributed by atoms with E-state index in [1.807, 2.05) is 5.92 Å². The van der Waals surface area contributed by atoms with E-state index in [2.05, 4.69) is 0 Å². The maximum Gasteiger partial charge on any atom is 0.0756 e. The van der Waals surface area contributed by atoms with Crippen LogP contribution >= 0.6 is 0 Å². The third kappa shape index (κ3) is 1.53. The van der Waals surface area contributed by atoms with Crippen LogP contribution in [0.25, 0.3) is 0 Å². The third-order valence-electron chi connectivity index (χ3n) is 1.000. The molecule has 0 aromatic heterocycles. The highest BCUT2D eigenvalue weighted by molar-refractivity contribution is 4.97. The SMILES string of the molecule is [C]#CC(C)(CO)CO. The van der Waals surface area contributed by atoms with Crippen LogP contribution in [0.2, 0.25) is 0 Å². The monoisotopic (exact) mass is 113 g/mol. The first-order valence-electron chi connectivity index (χ1n) is 2.34. The summed E-state index contributed by atoms with van der Waals surface area (Å²) in [7, 11) is 0. The van der Waals surface area contributed by atoms with Crippen molar-refractivity contribution < 1.29 is 10.2 Å². The van der Waals surface area contributed by atoms with E-state index < -0.39 is 5.41 Å². The molecule has 0 bridgehead atoms. The van der Waals surface area contributed by atoms with Crippen molar-refractivity contribution in [3.8, 4) is 5.92 Å². The van der Waals surface area contributed by atoms with E-state index in [9.17, 15) is 0 Å². The van der Waals surface area contributed by atoms with Crippen molar-refractivity contribution in [2.75, 3.05) is 13.2 Å². The van der Waals surface area contributed by atoms with Crippen LogP contribution in [-0.4, -0.2) is 23.4 Å². The summed E-state index contributed by atoms with van der Waals surface area (Å²) < 4.78 is 0. The molecule has 2 N–H and O–H groups in total. The average Bonchev–Trinajstić information content (AvgIpc) is 1.87. The minimum atomic E-state index is -0.847. The highest BCUT2D eigenvalue weighted by Gasteiger charge is 2.17. The Morgan fingerprint density at radius 3 is 1.88 bits per heavy atom. The van der Waals surface area contributed by atoms with E-state index in [0.717, 1.165) is 0 Å². The molecule has 0 aromatic rings. The summed E-state index contributed by atoms with van der Waals surface area (Å²) in [4.78, 5) is 0. The molecular weight excluding hydrogens is 104 g/mol. The van der Waals surface area contributed by atoms with E-state index in [1.54, 1.807) is 6.92 Å². The summed E-state index contributed by atoms with van der Waals surface area (Å²) in [6.07, 6.45) is 6.59. The van der Waals surface area contributed by atoms with Crippen LogP contribution in [-0.2, 0) is 0 Å². The molecule has 45 valence electrons. The Morgan fingerprint density at radius 1 is 1.50 bits per heavy atom. The first-order chi connectivity index (χ1) is 3.68. The summed E-state index contributed by atoms with van der Waals surface area (Å²) in [6, 6.07) is 0. The van der Waals surface area contributed by atoms with Gasteiger partial charge in [0.1, 0.15) is 0 Å². The van der Waals surface area contributed by atoms with E-state index in [4.69, 9.17) is 16.6 Å². The molecule has 0 aliphatic heterocycles. The lowest BCUT2D eigenvalue weighted by Crippen LogP contribution is -2.23. The summed E-state index contributed by atoms with van der Waals surface area (Å²) in [5.41, 5.74) is -0.847. The summed E-state index contributed by atoms with van der Waals surface area (Å²) in [6.45, 7) is 1.10. The van der Waals surface area contributed by atoms with E-state index in [0.29, 0.717) is 0 Å². The van der Waals surface area contributed by atoms with Gasteiger partial charge in [-0.05, 0) is 13.3 Å². The van der Waals surface area contributed by atoms with Gasteiger partial charge in [-0.25, -0.2) is 0 Å². The Labute approximate surface area is 49.2 Å². The van der Waals surface area contributed by atoms with Gasteiger partial charge in [0.05, 0.1) is 18.6 Å². The minimum Gasteiger partial charge on any atom is -0.395 e. The van der Waals surface area contributed by atoms with Crippen molar-refractivity contribution >= 4 is 0 Å². The van der Waals surface area contributed by atoms with E-state index in [1.165, 1.54) is 0 Å². The average molecular weight is 113 g/mol. The predicted octanol–water partition coefficient (Wildman–Crippen LogP) is -0.433. The molecule has 2 heteroatoms. The van der Waals surface area contributed by atoms with Gasteiger partial charge in [0.2, 0.25) is 0 Å². The highest BCUT2D eigenvalue weighted by atomic mass is 16.3. The fourth-order valence-electron chi connectivity index (χ4n) is 0.129. The van der Waals surface area contributed by atoms with E-state index in [-0.39, 0.29) is 13.2 Å². The topological polar surface area (TPSA) is 40.5 Å². The van der Waals surface area contributed by atoms with Gasteiger partial charge in [0, 0.05) is 0 Å². The molecule has 0 rings (SSSR count). The Kier molecular flexibility index (Phi) is 2.53. The Bertz CT molecular complexity index is 97.6. The molecule has 0 fully saturated rings. The van der Waals surface area contributed by atoms with Gasteiger partial charge >= 0.3 is 0 Å². The lowest BCUT2D eigenvalue weighted by atomic mass is 9.95. The maximum absolute atomic E-state index is 8.44. The second-order valence-corrected chi connectivity index (χ2v) is 2.00. The fourth-order valence-corrected chi connectivity index (χ4v) is 0.129. The zero-order valence-electron chi connectivity index (χ0n) is 4.81. The van der Waals surface area contributed by atoms with Crippen LogP contribution < -0.4 is 0 Å². The van der Waals surface area contributed by atoms with Gasteiger partial charge < -0.3 is 10.2 Å². The quantitative estimate of drug-likeness (QED) is 0.477. The smallest absolute Gasteiger partial charge is 0.0756 e. The number of rotatable bonds is 2. The molecule has 0 spiro atoms. The molecule has 0 aromatic carbocycles. The number of aliphatic hydroxyl groups is 2. The van der Waals surface area contributed by atoms with Crippen molar-refractivity contribution in [2.45, 2.75) is 6.92 Å². The molecule has 0 atom stereocenters. The second kappa shape index (κ2) is 2.71. The van der Waals surface area contributed by atoms with Crippen LogP contribution in [0.15, 0.2) is 0 Å². The fraction of sp³-hybridized carbons (Fsp3) is 0.667. The summed E-state index contributed by atoms with van der Waals surface area (Å²) in [5, 5.41) is 16.9. The molecule has 0 heterocycles. The van der Waals surface area contributed by atoms with Crippen molar-refractivity contribution in [1.82, 2.24) is 0 Å². The van der Waals surface area contributed by atoms with Crippen LogP contribution in [0.5, 0.6) is 0 Å². The Hall–Kier alpha value is -0.520. The minimum absolute atomic E-state index is 0.229. The number of hydrogen-bond donors (Lipinski definition) is 2. The summed E-state index contributed by atoms with van der Waals surface area (Å²) >= 11 is 0. The standard InChI is InChI=1S/C6H9O2/c1-3-6(2,4-7)5-8/h7-8H,4-5H2,2H3. The van der Waals surface area contributed by atoms with Gasteiger partial charge in [-0.15, -0.1) is 0 Å². The zero-order valence-corrected chi connectivity index (χ0v) is 4.81. The van der Waals surface area contributed by atoms with Crippen LogP contribution in [0, 0.1) is 17.8 Å². The van der Waals surface area contributed by atoms with Gasteiger partial charge in [0.25, 0.3) is 0 Å². The summed E-state index contributed by atoms with van der Waals surface area (Å²) in [5.74, 6) is 2.03. The molecule has 1 radical (unpaired) electrons. The molecule has 8 heavy (non-hydrogen) atoms. The van der Waals surface area contributed by atoms with Crippen LogP contribution in [0.4, 0.5) is 0 Å². The number of aliphatic hydroxyl groups excluding tert-OH is 2. The molecule has 0 aliphatic rings. The molecule has 2 nitrogen and oxygen atoms in total. The Balaban J connectivity index is 3.83. The van der Waals surface area contributed by atoms with E-state index >= 15 is 0 Å². The molecule has 0 aliphatic carbocycles. The lowest BCUT2D eigenvalue weighted by Gasteiger charge is -2.14. The van der Waals surface area contributed by atoms with Crippen LogP contribution in [0.3, 0.4) is 0 Å². The van der Waals surface area contributed by atoms with Crippen molar-refractivity contribution in [3.05, 3.63) is 6.42 Å². The second-order valence-electron chi connectivity index (χ2n) is 2.00. The van der Waals surface area contributed by atoms with Crippen molar-refractivity contribution in [1.29, 1.82) is 0 Å². The lowest BCUT2D eigenvalue weighted by molar-refractivity contribution is 0.115. The molecule has 0 unspecified atom stereocenters. The number of hydrogen-bond acceptors (Lipinski definition) is 2. The largest absolute Gasteiger partial charge is 0.395 e. The zero-order chi connectivity index (χ0) is 6.62. The Morgan fingerprint density at radius 2 is 1.88 bits per heavy atom. The van der Waals surface area contributed by atoms with Crippen molar-refractivity contribution in [3.63, 3.8) is 0 Å². The van der Waals surface area contributed by atoms with Crippen molar-refractivity contribution in [2.24, 2.45) is 5.41 Å². The molecular formula is C6H9O2.